The highest BCUT2D eigenvalue weighted by atomic mass is 16.5. The zero-order chi connectivity index (χ0) is 24.0. The Bertz CT molecular complexity index is 758. The van der Waals surface area contributed by atoms with Crippen LogP contribution in [-0.4, -0.2) is 86.9 Å². The van der Waals surface area contributed by atoms with Gasteiger partial charge in [-0.2, -0.15) is 0 Å². The van der Waals surface area contributed by atoms with Gasteiger partial charge in [0.1, 0.15) is 5.60 Å². The summed E-state index contributed by atoms with van der Waals surface area (Å²) in [6.45, 7) is 3.98. The highest BCUT2D eigenvalue weighted by Crippen LogP contribution is 2.41. The van der Waals surface area contributed by atoms with Gasteiger partial charge in [0, 0.05) is 6.54 Å². The Morgan fingerprint density at radius 3 is 1.97 bits per heavy atom. The lowest BCUT2D eigenvalue weighted by molar-refractivity contribution is -0.165. The fourth-order valence-electron chi connectivity index (χ4n) is 5.17. The van der Waals surface area contributed by atoms with Gasteiger partial charge in [-0.3, -0.25) is 0 Å². The summed E-state index contributed by atoms with van der Waals surface area (Å²) in [6, 6.07) is 10.2. The Kier molecular flexibility index (Phi) is 8.83. The molecule has 9 heteroatoms. The van der Waals surface area contributed by atoms with Gasteiger partial charge in [0.15, 0.2) is 12.2 Å². The fraction of sp³-hybridized carbons (Fsp3) is 0.667. The maximum absolute atomic E-state index is 11.5. The lowest BCUT2D eigenvalue weighted by Gasteiger charge is -2.46. The summed E-state index contributed by atoms with van der Waals surface area (Å²) >= 11 is 0. The van der Waals surface area contributed by atoms with Gasteiger partial charge in [-0.05, 0) is 56.2 Å². The van der Waals surface area contributed by atoms with Crippen molar-refractivity contribution in [1.82, 2.24) is 4.90 Å². The van der Waals surface area contributed by atoms with E-state index in [1.54, 1.807) is 0 Å². The molecule has 1 aromatic carbocycles. The number of aliphatic carboxylic acids is 2. The summed E-state index contributed by atoms with van der Waals surface area (Å²) in [5.41, 5.74) is 0.220. The number of ether oxygens (including phenoxy) is 1. The van der Waals surface area contributed by atoms with Gasteiger partial charge in [0.05, 0.1) is 12.7 Å². The zero-order valence-corrected chi connectivity index (χ0v) is 18.8. The quantitative estimate of drug-likeness (QED) is 0.380. The normalized spacial score (nSPS) is 28.3. The van der Waals surface area contributed by atoms with E-state index in [1.807, 2.05) is 18.2 Å². The van der Waals surface area contributed by atoms with Crippen LogP contribution >= 0.6 is 0 Å². The molecular formula is C24H35NO8. The molecule has 0 aromatic heterocycles. The van der Waals surface area contributed by atoms with E-state index < -0.39 is 29.7 Å². The first-order chi connectivity index (χ1) is 15.7. The third-order valence-corrected chi connectivity index (χ3v) is 7.22. The number of carboxylic acid groups (broad SMARTS) is 2. The van der Waals surface area contributed by atoms with Crippen molar-refractivity contribution in [2.45, 2.75) is 62.4 Å². The van der Waals surface area contributed by atoms with E-state index in [0.717, 1.165) is 24.9 Å². The molecule has 2 bridgehead atoms. The number of aliphatic hydroxyl groups excluding tert-OH is 2. The number of benzene rings is 1. The van der Waals surface area contributed by atoms with Crippen molar-refractivity contribution in [3.8, 4) is 0 Å². The predicted molar refractivity (Wildman–Crippen MR) is 118 cm³/mol. The molecule has 5 rings (SSSR count). The van der Waals surface area contributed by atoms with Crippen LogP contribution in [-0.2, 0) is 19.9 Å². The van der Waals surface area contributed by atoms with Gasteiger partial charge in [0.2, 0.25) is 0 Å². The number of carbonyl (C=O) groups is 2. The summed E-state index contributed by atoms with van der Waals surface area (Å²) in [5, 5.41) is 44.1. The van der Waals surface area contributed by atoms with Crippen LogP contribution in [0.5, 0.6) is 0 Å². The fourth-order valence-corrected chi connectivity index (χ4v) is 5.17. The van der Waals surface area contributed by atoms with Gasteiger partial charge >= 0.3 is 11.9 Å². The molecule has 3 saturated heterocycles. The van der Waals surface area contributed by atoms with Crippen molar-refractivity contribution in [1.29, 1.82) is 0 Å². The van der Waals surface area contributed by atoms with Crippen molar-refractivity contribution >= 4 is 11.9 Å². The first-order valence-corrected chi connectivity index (χ1v) is 11.7. The lowest BCUT2D eigenvalue weighted by Crippen LogP contribution is -2.53. The molecule has 9 nitrogen and oxygen atoms in total. The molecule has 1 aromatic rings. The van der Waals surface area contributed by atoms with Crippen LogP contribution in [0.3, 0.4) is 0 Å². The third-order valence-electron chi connectivity index (χ3n) is 7.22. The number of piperidine rings is 3. The molecule has 0 spiro atoms. The number of fused-ring (bicyclic) bond motifs is 3. The van der Waals surface area contributed by atoms with Gasteiger partial charge in [-0.1, -0.05) is 43.2 Å². The zero-order valence-electron chi connectivity index (χ0n) is 18.8. The summed E-state index contributed by atoms with van der Waals surface area (Å²) in [6.07, 6.45) is 3.02. The van der Waals surface area contributed by atoms with Crippen LogP contribution in [0.25, 0.3) is 0 Å². The Labute approximate surface area is 193 Å². The minimum Gasteiger partial charge on any atom is -0.479 e. The topological polar surface area (TPSA) is 148 Å². The first kappa shape index (κ1) is 25.6. The average Bonchev–Trinajstić information content (AvgIpc) is 3.39. The van der Waals surface area contributed by atoms with Crippen LogP contribution in [0.1, 0.15) is 44.1 Å². The Hall–Kier alpha value is -2.04. The van der Waals surface area contributed by atoms with E-state index in [-0.39, 0.29) is 0 Å². The molecule has 1 unspecified atom stereocenters. The SMILES string of the molecule is O=C(O)[C@H](O)[C@@H](O)C(=O)O.O[C@@](COC1CN2CCC1CC2)(c1ccccc1)C1CCCC1. The second-order valence-electron chi connectivity index (χ2n) is 9.33. The highest BCUT2D eigenvalue weighted by Gasteiger charge is 2.42. The van der Waals surface area contributed by atoms with Crippen LogP contribution in [0.4, 0.5) is 0 Å². The monoisotopic (exact) mass is 465 g/mol. The summed E-state index contributed by atoms with van der Waals surface area (Å²) < 4.78 is 6.36. The van der Waals surface area contributed by atoms with Crippen molar-refractivity contribution in [3.05, 3.63) is 35.9 Å². The van der Waals surface area contributed by atoms with Gasteiger partial charge < -0.3 is 35.2 Å². The summed E-state index contributed by atoms with van der Waals surface area (Å²) in [7, 11) is 0. The van der Waals surface area contributed by atoms with Crippen LogP contribution in [0.2, 0.25) is 0 Å². The molecule has 3 aliphatic heterocycles. The summed E-state index contributed by atoms with van der Waals surface area (Å²) in [4.78, 5) is 22.1. The Morgan fingerprint density at radius 2 is 1.52 bits per heavy atom. The molecule has 0 amide bonds. The van der Waals surface area contributed by atoms with Gasteiger partial charge in [-0.15, -0.1) is 0 Å². The van der Waals surface area contributed by atoms with Crippen molar-refractivity contribution < 1.29 is 39.9 Å². The molecule has 0 radical (unpaired) electrons. The molecule has 4 fully saturated rings. The average molecular weight is 466 g/mol. The van der Waals surface area contributed by atoms with Gasteiger partial charge in [0.25, 0.3) is 0 Å². The molecule has 1 saturated carbocycles. The van der Waals surface area contributed by atoms with Crippen molar-refractivity contribution in [3.63, 3.8) is 0 Å². The molecule has 1 aliphatic carbocycles. The molecule has 4 aliphatic rings. The number of carboxylic acids is 2. The Balaban J connectivity index is 0.000000262. The molecule has 33 heavy (non-hydrogen) atoms. The molecule has 184 valence electrons. The van der Waals surface area contributed by atoms with E-state index in [0.29, 0.717) is 24.5 Å². The molecular weight excluding hydrogens is 430 g/mol. The second-order valence-corrected chi connectivity index (χ2v) is 9.33. The number of aliphatic hydroxyl groups is 3. The molecule has 4 atom stereocenters. The van der Waals surface area contributed by atoms with E-state index in [4.69, 9.17) is 25.2 Å². The third kappa shape index (κ3) is 6.30. The minimum atomic E-state index is -2.27. The summed E-state index contributed by atoms with van der Waals surface area (Å²) in [5.74, 6) is -2.50. The van der Waals surface area contributed by atoms with Crippen molar-refractivity contribution in [2.24, 2.45) is 11.8 Å². The maximum atomic E-state index is 11.5. The number of hydrogen-bond acceptors (Lipinski definition) is 7. The van der Waals surface area contributed by atoms with E-state index in [1.165, 1.54) is 38.8 Å². The molecule has 5 N–H and O–H groups in total. The number of rotatable bonds is 8. The number of hydrogen-bond donors (Lipinski definition) is 5. The number of nitrogens with zero attached hydrogens (tertiary/aromatic N) is 1. The predicted octanol–water partition coefficient (Wildman–Crippen LogP) is 1.05. The standard InChI is InChI=1S/C20H29NO2.C4H6O6/c22-20(18-8-4-5-9-18,17-6-2-1-3-7-17)15-23-19-14-21-12-10-16(19)11-13-21;5-1(3(7)8)2(6)4(9)10/h1-3,6-7,16,18-19,22H,4-5,8-15H2;1-2,5-6H,(H,7,8)(H,9,10)/t19?,20-;1-,2-/m01/s1. The van der Waals surface area contributed by atoms with Crippen molar-refractivity contribution in [2.75, 3.05) is 26.2 Å². The Morgan fingerprint density at radius 1 is 0.970 bits per heavy atom. The van der Waals surface area contributed by atoms with Gasteiger partial charge in [-0.25, -0.2) is 9.59 Å². The van der Waals surface area contributed by atoms with E-state index in [9.17, 15) is 14.7 Å². The van der Waals surface area contributed by atoms with E-state index >= 15 is 0 Å². The minimum absolute atomic E-state index is 0.314. The highest BCUT2D eigenvalue weighted by molar-refractivity contribution is 5.83. The maximum Gasteiger partial charge on any atom is 0.335 e. The van der Waals surface area contributed by atoms with Crippen LogP contribution in [0, 0.1) is 11.8 Å². The first-order valence-electron chi connectivity index (χ1n) is 11.7. The lowest BCUT2D eigenvalue weighted by atomic mass is 9.80. The molecule has 3 heterocycles. The van der Waals surface area contributed by atoms with Crippen LogP contribution < -0.4 is 0 Å². The largest absolute Gasteiger partial charge is 0.479 e. The smallest absolute Gasteiger partial charge is 0.335 e. The second kappa shape index (κ2) is 11.4. The van der Waals surface area contributed by atoms with Crippen LogP contribution in [0.15, 0.2) is 30.3 Å². The van der Waals surface area contributed by atoms with E-state index in [2.05, 4.69) is 17.0 Å².